The number of methoxy groups -OCH3 is 1. The van der Waals surface area contributed by atoms with Gasteiger partial charge in [-0.3, -0.25) is 9.59 Å². The first-order chi connectivity index (χ1) is 14.2. The Labute approximate surface area is 187 Å². The van der Waals surface area contributed by atoms with E-state index < -0.39 is 35.7 Å². The molecule has 2 N–H and O–H groups in total. The van der Waals surface area contributed by atoms with Gasteiger partial charge in [-0.1, -0.05) is 39.7 Å². The molecule has 0 radical (unpaired) electrons. The highest BCUT2D eigenvalue weighted by molar-refractivity contribution is 9.10. The molecule has 0 fully saturated rings. The number of rotatable bonds is 8. The molecule has 0 aliphatic rings. The Bertz CT molecular complexity index is 941. The third-order valence-electron chi connectivity index (χ3n) is 4.26. The van der Waals surface area contributed by atoms with Crippen LogP contribution in [-0.2, 0) is 32.0 Å². The van der Waals surface area contributed by atoms with Crippen molar-refractivity contribution in [1.29, 1.82) is 0 Å². The SMILES string of the molecule is COC(=O)[C@H](Cc1cc(Cl)ccc1Br)NC(=O)[C@H](Cc1cccc(F)c1)NC(C)=O. The number of amides is 2. The Hall–Kier alpha value is -2.45. The van der Waals surface area contributed by atoms with Gasteiger partial charge in [0.1, 0.15) is 17.9 Å². The van der Waals surface area contributed by atoms with Gasteiger partial charge in [-0.25, -0.2) is 9.18 Å². The van der Waals surface area contributed by atoms with E-state index in [9.17, 15) is 18.8 Å². The maximum atomic E-state index is 13.5. The molecule has 2 aromatic carbocycles. The quantitative estimate of drug-likeness (QED) is 0.547. The Balaban J connectivity index is 2.22. The third kappa shape index (κ3) is 7.11. The van der Waals surface area contributed by atoms with Crippen molar-refractivity contribution < 1.29 is 23.5 Å². The molecule has 0 heterocycles. The molecule has 0 unspecified atom stereocenters. The van der Waals surface area contributed by atoms with Crippen LogP contribution in [0.25, 0.3) is 0 Å². The van der Waals surface area contributed by atoms with Crippen LogP contribution in [0.1, 0.15) is 18.1 Å². The zero-order valence-electron chi connectivity index (χ0n) is 16.4. The maximum absolute atomic E-state index is 13.5. The van der Waals surface area contributed by atoms with Crippen molar-refractivity contribution in [3.63, 3.8) is 0 Å². The average molecular weight is 500 g/mol. The van der Waals surface area contributed by atoms with Crippen LogP contribution in [0.15, 0.2) is 46.9 Å². The van der Waals surface area contributed by atoms with Crippen molar-refractivity contribution in [3.05, 3.63) is 68.9 Å². The van der Waals surface area contributed by atoms with Crippen molar-refractivity contribution in [2.45, 2.75) is 31.8 Å². The fraction of sp³-hybridized carbons (Fsp3) is 0.286. The van der Waals surface area contributed by atoms with Crippen LogP contribution in [0.2, 0.25) is 5.02 Å². The summed E-state index contributed by atoms with van der Waals surface area (Å²) < 4.78 is 19.0. The molecular formula is C21H21BrClFN2O4. The van der Waals surface area contributed by atoms with Gasteiger partial charge in [0.05, 0.1) is 7.11 Å². The lowest BCUT2D eigenvalue weighted by Gasteiger charge is -2.22. The first-order valence-corrected chi connectivity index (χ1v) is 10.2. The van der Waals surface area contributed by atoms with Gasteiger partial charge in [-0.05, 0) is 41.5 Å². The molecular weight excluding hydrogens is 479 g/mol. The fourth-order valence-corrected chi connectivity index (χ4v) is 3.48. The molecule has 9 heteroatoms. The summed E-state index contributed by atoms with van der Waals surface area (Å²) in [6, 6.07) is 8.81. The van der Waals surface area contributed by atoms with E-state index in [-0.39, 0.29) is 12.8 Å². The highest BCUT2D eigenvalue weighted by Crippen LogP contribution is 2.22. The van der Waals surface area contributed by atoms with E-state index in [1.54, 1.807) is 24.3 Å². The van der Waals surface area contributed by atoms with E-state index in [1.807, 2.05) is 0 Å². The molecule has 0 bridgehead atoms. The van der Waals surface area contributed by atoms with E-state index in [1.165, 1.54) is 32.2 Å². The molecule has 0 saturated heterocycles. The first-order valence-electron chi connectivity index (χ1n) is 9.03. The summed E-state index contributed by atoms with van der Waals surface area (Å²) in [5, 5.41) is 5.63. The van der Waals surface area contributed by atoms with Crippen molar-refractivity contribution in [1.82, 2.24) is 10.6 Å². The second kappa shape index (κ2) is 11.1. The molecule has 6 nitrogen and oxygen atoms in total. The third-order valence-corrected chi connectivity index (χ3v) is 5.27. The highest BCUT2D eigenvalue weighted by atomic mass is 79.9. The van der Waals surface area contributed by atoms with Gasteiger partial charge >= 0.3 is 5.97 Å². The van der Waals surface area contributed by atoms with Crippen LogP contribution in [0, 0.1) is 5.82 Å². The fourth-order valence-electron chi connectivity index (χ4n) is 2.88. The molecule has 2 rings (SSSR count). The Morgan fingerprint density at radius 3 is 2.47 bits per heavy atom. The standard InChI is InChI=1S/C21H21BrClFN2O4/c1-12(27)25-18(9-13-4-3-5-16(24)8-13)20(28)26-19(21(29)30-2)11-14-10-15(23)6-7-17(14)22/h3-8,10,18-19H,9,11H2,1-2H3,(H,25,27)(H,26,28)/t18-,19-/m0/s1. The van der Waals surface area contributed by atoms with Gasteiger partial charge in [0.2, 0.25) is 11.8 Å². The summed E-state index contributed by atoms with van der Waals surface area (Å²) in [5.74, 6) is -2.13. The highest BCUT2D eigenvalue weighted by Gasteiger charge is 2.28. The van der Waals surface area contributed by atoms with Crippen molar-refractivity contribution in [2.24, 2.45) is 0 Å². The number of nitrogens with one attached hydrogen (secondary N) is 2. The minimum atomic E-state index is -1.01. The smallest absolute Gasteiger partial charge is 0.328 e. The van der Waals surface area contributed by atoms with Gasteiger partial charge < -0.3 is 15.4 Å². The largest absolute Gasteiger partial charge is 0.467 e. The topological polar surface area (TPSA) is 84.5 Å². The second-order valence-electron chi connectivity index (χ2n) is 6.61. The molecule has 0 saturated carbocycles. The monoisotopic (exact) mass is 498 g/mol. The number of esters is 1. The van der Waals surface area contributed by atoms with Crippen LogP contribution >= 0.6 is 27.5 Å². The molecule has 0 spiro atoms. The van der Waals surface area contributed by atoms with Crippen LogP contribution in [0.4, 0.5) is 4.39 Å². The first kappa shape index (κ1) is 23.8. The van der Waals surface area contributed by atoms with Crippen LogP contribution in [0.3, 0.4) is 0 Å². The number of hydrogen-bond acceptors (Lipinski definition) is 4. The Morgan fingerprint density at radius 2 is 1.83 bits per heavy atom. The lowest BCUT2D eigenvalue weighted by molar-refractivity contribution is -0.145. The number of benzene rings is 2. The van der Waals surface area contributed by atoms with Crippen LogP contribution < -0.4 is 10.6 Å². The number of hydrogen-bond donors (Lipinski definition) is 2. The van der Waals surface area contributed by atoms with Gasteiger partial charge in [-0.15, -0.1) is 0 Å². The molecule has 2 amide bonds. The van der Waals surface area contributed by atoms with Crippen molar-refractivity contribution in [2.75, 3.05) is 7.11 Å². The number of carbonyl (C=O) groups excluding carboxylic acids is 3. The normalized spacial score (nSPS) is 12.6. The van der Waals surface area contributed by atoms with E-state index in [4.69, 9.17) is 16.3 Å². The summed E-state index contributed by atoms with van der Waals surface area (Å²) in [6.07, 6.45) is 0.171. The molecule has 0 aliphatic heterocycles. The van der Waals surface area contributed by atoms with E-state index in [0.29, 0.717) is 20.6 Å². The summed E-state index contributed by atoms with van der Waals surface area (Å²) in [7, 11) is 1.21. The van der Waals surface area contributed by atoms with E-state index in [0.717, 1.165) is 0 Å². The number of ether oxygens (including phenoxy) is 1. The summed E-state index contributed by atoms with van der Waals surface area (Å²) >= 11 is 9.42. The molecule has 2 aromatic rings. The maximum Gasteiger partial charge on any atom is 0.328 e. The van der Waals surface area contributed by atoms with Crippen LogP contribution in [0.5, 0.6) is 0 Å². The van der Waals surface area contributed by atoms with Crippen LogP contribution in [-0.4, -0.2) is 37.0 Å². The number of carbonyl (C=O) groups is 3. The van der Waals surface area contributed by atoms with Gasteiger partial charge in [0.15, 0.2) is 0 Å². The van der Waals surface area contributed by atoms with Gasteiger partial charge in [0, 0.05) is 29.3 Å². The molecule has 0 aromatic heterocycles. The average Bonchev–Trinajstić information content (AvgIpc) is 2.68. The van der Waals surface area contributed by atoms with Gasteiger partial charge in [0.25, 0.3) is 0 Å². The summed E-state index contributed by atoms with van der Waals surface area (Å²) in [4.78, 5) is 36.7. The summed E-state index contributed by atoms with van der Waals surface area (Å²) in [5.41, 5.74) is 1.22. The zero-order valence-corrected chi connectivity index (χ0v) is 18.7. The second-order valence-corrected chi connectivity index (χ2v) is 7.90. The van der Waals surface area contributed by atoms with E-state index >= 15 is 0 Å². The Morgan fingerprint density at radius 1 is 1.10 bits per heavy atom. The lowest BCUT2D eigenvalue weighted by Crippen LogP contribution is -2.53. The molecule has 30 heavy (non-hydrogen) atoms. The number of halogens is 3. The van der Waals surface area contributed by atoms with Crippen molar-refractivity contribution in [3.8, 4) is 0 Å². The minimum Gasteiger partial charge on any atom is -0.467 e. The van der Waals surface area contributed by atoms with Crippen molar-refractivity contribution >= 4 is 45.3 Å². The van der Waals surface area contributed by atoms with Gasteiger partial charge in [-0.2, -0.15) is 0 Å². The molecule has 0 aliphatic carbocycles. The van der Waals surface area contributed by atoms with E-state index in [2.05, 4.69) is 26.6 Å². The predicted molar refractivity (Wildman–Crippen MR) is 115 cm³/mol. The summed E-state index contributed by atoms with van der Waals surface area (Å²) in [6.45, 7) is 1.27. The Kier molecular flexibility index (Phi) is 8.80. The predicted octanol–water partition coefficient (Wildman–Crippen LogP) is 3.19. The zero-order chi connectivity index (χ0) is 22.3. The molecule has 160 valence electrons. The molecule has 2 atom stereocenters. The lowest BCUT2D eigenvalue weighted by atomic mass is 10.0. The minimum absolute atomic E-state index is 0.0535.